The molecular weight excluding hydrogens is 410 g/mol. The van der Waals surface area contributed by atoms with E-state index in [0.717, 1.165) is 32.4 Å². The van der Waals surface area contributed by atoms with E-state index in [1.54, 1.807) is 13.2 Å². The first kappa shape index (κ1) is 17.4. The van der Waals surface area contributed by atoms with Gasteiger partial charge < -0.3 is 14.5 Å². The number of aromatic nitrogens is 2. The zero-order valence-electron chi connectivity index (χ0n) is 14.7. The third-order valence-electron chi connectivity index (χ3n) is 4.32. The van der Waals surface area contributed by atoms with Crippen LogP contribution in [-0.2, 0) is 0 Å². The first-order valence-corrected chi connectivity index (χ1v) is 9.05. The lowest BCUT2D eigenvalue weighted by atomic mass is 10.1. The number of methoxy groups -OCH3 is 1. The van der Waals surface area contributed by atoms with Gasteiger partial charge in [0.1, 0.15) is 11.3 Å². The van der Waals surface area contributed by atoms with Gasteiger partial charge >= 0.3 is 0 Å². The average Bonchev–Trinajstić information content (AvgIpc) is 3.26. The maximum absolute atomic E-state index is 12.7. The summed E-state index contributed by atoms with van der Waals surface area (Å²) >= 11 is 3.44. The van der Waals surface area contributed by atoms with Crippen LogP contribution in [0.4, 0.5) is 5.82 Å². The molecule has 2 aromatic carbocycles. The molecule has 0 saturated carbocycles. The topological polar surface area (TPSA) is 80.2 Å². The van der Waals surface area contributed by atoms with Crippen molar-refractivity contribution in [1.82, 2.24) is 10.2 Å². The fourth-order valence-electron chi connectivity index (χ4n) is 2.97. The van der Waals surface area contributed by atoms with Crippen LogP contribution in [0.25, 0.3) is 22.2 Å². The highest BCUT2D eigenvalue weighted by Gasteiger charge is 2.19. The Bertz CT molecular complexity index is 1150. The minimum Gasteiger partial charge on any atom is -0.496 e. The summed E-state index contributed by atoms with van der Waals surface area (Å²) in [7, 11) is 1.61. The summed E-state index contributed by atoms with van der Waals surface area (Å²) in [6.07, 6.45) is 0. The number of aromatic amines is 1. The van der Waals surface area contributed by atoms with Crippen LogP contribution in [0, 0.1) is 6.92 Å². The highest BCUT2D eigenvalue weighted by molar-refractivity contribution is 9.10. The molecule has 1 amide bonds. The van der Waals surface area contributed by atoms with Crippen molar-refractivity contribution >= 4 is 38.6 Å². The lowest BCUT2D eigenvalue weighted by molar-refractivity contribution is 0.0997. The van der Waals surface area contributed by atoms with Gasteiger partial charge in [0.05, 0.1) is 12.8 Å². The standard InChI is InChI=1S/C20H16BrN3O3/c1-11-14-9-12(21)7-8-17(14)27-19(11)20(25)22-18-10-15(23-24-18)13-5-3-4-6-16(13)26-2/h3-10H,1-2H3,(H2,22,23,24,25). The van der Waals surface area contributed by atoms with Crippen LogP contribution in [0.3, 0.4) is 0 Å². The van der Waals surface area contributed by atoms with Gasteiger partial charge in [0, 0.05) is 27.1 Å². The Morgan fingerprint density at radius 2 is 2.04 bits per heavy atom. The molecule has 0 atom stereocenters. The number of anilines is 1. The minimum atomic E-state index is -0.349. The van der Waals surface area contributed by atoms with E-state index in [2.05, 4.69) is 31.4 Å². The van der Waals surface area contributed by atoms with Crippen molar-refractivity contribution in [1.29, 1.82) is 0 Å². The molecule has 136 valence electrons. The quantitative estimate of drug-likeness (QED) is 0.473. The summed E-state index contributed by atoms with van der Waals surface area (Å²) < 4.78 is 12.0. The van der Waals surface area contributed by atoms with Gasteiger partial charge in [-0.15, -0.1) is 0 Å². The molecule has 0 saturated heterocycles. The van der Waals surface area contributed by atoms with Crippen LogP contribution in [0.1, 0.15) is 16.1 Å². The second-order valence-corrected chi connectivity index (χ2v) is 6.93. The molecule has 0 aliphatic rings. The normalized spacial score (nSPS) is 10.9. The van der Waals surface area contributed by atoms with Gasteiger partial charge in [0.2, 0.25) is 0 Å². The summed E-state index contributed by atoms with van der Waals surface area (Å²) in [5.41, 5.74) is 3.05. The molecule has 4 rings (SSSR count). The predicted molar refractivity (Wildman–Crippen MR) is 107 cm³/mol. The molecule has 0 aliphatic heterocycles. The number of fused-ring (bicyclic) bond motifs is 1. The van der Waals surface area contributed by atoms with Gasteiger partial charge in [-0.25, -0.2) is 0 Å². The van der Waals surface area contributed by atoms with E-state index in [-0.39, 0.29) is 11.7 Å². The molecule has 7 heteroatoms. The second-order valence-electron chi connectivity index (χ2n) is 6.02. The number of nitrogens with zero attached hydrogens (tertiary/aromatic N) is 1. The molecule has 2 aromatic heterocycles. The van der Waals surface area contributed by atoms with E-state index in [0.29, 0.717) is 11.4 Å². The zero-order valence-corrected chi connectivity index (χ0v) is 16.3. The van der Waals surface area contributed by atoms with Crippen LogP contribution < -0.4 is 10.1 Å². The highest BCUT2D eigenvalue weighted by Crippen LogP contribution is 2.31. The number of hydrogen-bond acceptors (Lipinski definition) is 4. The van der Waals surface area contributed by atoms with Crippen LogP contribution in [0.2, 0.25) is 0 Å². The monoisotopic (exact) mass is 425 g/mol. The summed E-state index contributed by atoms with van der Waals surface area (Å²) in [5, 5.41) is 10.8. The van der Waals surface area contributed by atoms with Gasteiger partial charge in [-0.2, -0.15) is 5.10 Å². The molecule has 0 bridgehead atoms. The van der Waals surface area contributed by atoms with Crippen molar-refractivity contribution in [2.24, 2.45) is 0 Å². The third-order valence-corrected chi connectivity index (χ3v) is 4.81. The number of carbonyl (C=O) groups excluding carboxylic acids is 1. The molecular formula is C20H16BrN3O3. The van der Waals surface area contributed by atoms with Crippen molar-refractivity contribution in [3.05, 3.63) is 64.3 Å². The third kappa shape index (κ3) is 3.21. The Labute approximate surface area is 163 Å². The van der Waals surface area contributed by atoms with E-state index in [9.17, 15) is 4.79 Å². The van der Waals surface area contributed by atoms with Crippen molar-refractivity contribution in [2.45, 2.75) is 6.92 Å². The molecule has 2 N–H and O–H groups in total. The molecule has 6 nitrogen and oxygen atoms in total. The number of aryl methyl sites for hydroxylation is 1. The minimum absolute atomic E-state index is 0.268. The maximum Gasteiger partial charge on any atom is 0.292 e. The van der Waals surface area contributed by atoms with Gasteiger partial charge in [0.15, 0.2) is 11.6 Å². The van der Waals surface area contributed by atoms with E-state index >= 15 is 0 Å². The summed E-state index contributed by atoms with van der Waals surface area (Å²) in [6.45, 7) is 1.86. The van der Waals surface area contributed by atoms with Crippen molar-refractivity contribution in [2.75, 3.05) is 12.4 Å². The summed E-state index contributed by atoms with van der Waals surface area (Å²) in [4.78, 5) is 12.7. The van der Waals surface area contributed by atoms with Crippen molar-refractivity contribution in [3.8, 4) is 17.0 Å². The molecule has 27 heavy (non-hydrogen) atoms. The number of para-hydroxylation sites is 1. The Hall–Kier alpha value is -3.06. The Balaban J connectivity index is 1.61. The van der Waals surface area contributed by atoms with Crippen LogP contribution in [0.5, 0.6) is 5.75 Å². The summed E-state index contributed by atoms with van der Waals surface area (Å²) in [6, 6.07) is 15.0. The van der Waals surface area contributed by atoms with Crippen LogP contribution >= 0.6 is 15.9 Å². The van der Waals surface area contributed by atoms with E-state index in [1.807, 2.05) is 49.4 Å². The number of furan rings is 1. The number of halogens is 1. The van der Waals surface area contributed by atoms with Crippen molar-refractivity contribution < 1.29 is 13.9 Å². The second kappa shape index (κ2) is 6.92. The molecule has 0 aliphatic carbocycles. The number of carbonyl (C=O) groups is 1. The van der Waals surface area contributed by atoms with Gasteiger partial charge in [0.25, 0.3) is 5.91 Å². The SMILES string of the molecule is COc1ccccc1-c1cc(NC(=O)c2oc3ccc(Br)cc3c2C)n[nH]1. The van der Waals surface area contributed by atoms with Crippen LogP contribution in [-0.4, -0.2) is 23.2 Å². The van der Waals surface area contributed by atoms with Gasteiger partial charge in [-0.05, 0) is 37.3 Å². The first-order chi connectivity index (χ1) is 13.1. The number of ether oxygens (including phenoxy) is 1. The fraction of sp³-hybridized carbons (Fsp3) is 0.100. The molecule has 0 spiro atoms. The van der Waals surface area contributed by atoms with E-state index in [4.69, 9.17) is 9.15 Å². The van der Waals surface area contributed by atoms with Crippen LogP contribution in [0.15, 0.2) is 57.4 Å². The lowest BCUT2D eigenvalue weighted by Gasteiger charge is -2.05. The molecule has 0 fully saturated rings. The average molecular weight is 426 g/mol. The number of benzene rings is 2. The van der Waals surface area contributed by atoms with E-state index in [1.165, 1.54) is 0 Å². The number of H-pyrrole nitrogens is 1. The molecule has 0 unspecified atom stereocenters. The largest absolute Gasteiger partial charge is 0.496 e. The molecule has 4 aromatic rings. The maximum atomic E-state index is 12.7. The van der Waals surface area contributed by atoms with Gasteiger partial charge in [-0.1, -0.05) is 28.1 Å². The zero-order chi connectivity index (χ0) is 19.0. The molecule has 0 radical (unpaired) electrons. The Morgan fingerprint density at radius 1 is 1.22 bits per heavy atom. The number of amides is 1. The lowest BCUT2D eigenvalue weighted by Crippen LogP contribution is -2.12. The number of nitrogens with one attached hydrogen (secondary N) is 2. The van der Waals surface area contributed by atoms with E-state index < -0.39 is 0 Å². The van der Waals surface area contributed by atoms with Crippen molar-refractivity contribution in [3.63, 3.8) is 0 Å². The fourth-order valence-corrected chi connectivity index (χ4v) is 3.33. The first-order valence-electron chi connectivity index (χ1n) is 8.25. The van der Waals surface area contributed by atoms with Gasteiger partial charge in [-0.3, -0.25) is 9.89 Å². The smallest absolute Gasteiger partial charge is 0.292 e. The summed E-state index contributed by atoms with van der Waals surface area (Å²) in [5.74, 6) is 1.04. The molecule has 2 heterocycles. The Kier molecular flexibility index (Phi) is 4.45. The highest BCUT2D eigenvalue weighted by atomic mass is 79.9. The number of rotatable bonds is 4. The number of hydrogen-bond donors (Lipinski definition) is 2. The predicted octanol–water partition coefficient (Wildman–Crippen LogP) is 5.15. The Morgan fingerprint density at radius 3 is 2.85 bits per heavy atom.